The summed E-state index contributed by atoms with van der Waals surface area (Å²) >= 11 is 0. The van der Waals surface area contributed by atoms with Gasteiger partial charge < -0.3 is 9.53 Å². The van der Waals surface area contributed by atoms with Gasteiger partial charge in [0.05, 0.1) is 19.2 Å². The first-order chi connectivity index (χ1) is 6.17. The third-order valence-electron chi connectivity index (χ3n) is 1.61. The van der Waals surface area contributed by atoms with Crippen LogP contribution in [0.5, 0.6) is 0 Å². The first-order valence-corrected chi connectivity index (χ1v) is 4.16. The van der Waals surface area contributed by atoms with Crippen LogP contribution in [0.3, 0.4) is 0 Å². The summed E-state index contributed by atoms with van der Waals surface area (Å²) in [6.45, 7) is 7.37. The Morgan fingerprint density at radius 1 is 1.69 bits per heavy atom. The molecule has 0 aromatic carbocycles. The lowest BCUT2D eigenvalue weighted by Gasteiger charge is -2.23. The Morgan fingerprint density at radius 3 is 2.69 bits per heavy atom. The summed E-state index contributed by atoms with van der Waals surface area (Å²) in [5.41, 5.74) is 0. The summed E-state index contributed by atoms with van der Waals surface area (Å²) in [7, 11) is 0. The largest absolute Gasteiger partial charge is 0.450 e. The van der Waals surface area contributed by atoms with Crippen molar-refractivity contribution in [3.8, 4) is 0 Å². The molecule has 0 fully saturated rings. The van der Waals surface area contributed by atoms with Gasteiger partial charge in [-0.15, -0.1) is 6.58 Å². The van der Waals surface area contributed by atoms with Gasteiger partial charge in [-0.1, -0.05) is 6.08 Å². The maximum absolute atomic E-state index is 11.2. The van der Waals surface area contributed by atoms with Gasteiger partial charge in [0.1, 0.15) is 6.29 Å². The molecule has 0 saturated carbocycles. The van der Waals surface area contributed by atoms with Gasteiger partial charge in [-0.05, 0) is 13.8 Å². The van der Waals surface area contributed by atoms with Gasteiger partial charge in [0, 0.05) is 0 Å². The zero-order valence-electron chi connectivity index (χ0n) is 8.03. The zero-order valence-corrected chi connectivity index (χ0v) is 8.03. The molecule has 0 N–H and O–H groups in total. The standard InChI is InChI=1S/C9H15NO3/c1-4-8(3)10(6-7-11)9(12)13-5-2/h4,7-8H,1,5-6H2,2-3H3/t8-/m1/s1. The lowest BCUT2D eigenvalue weighted by Crippen LogP contribution is -2.39. The number of rotatable bonds is 5. The molecule has 0 radical (unpaired) electrons. The van der Waals surface area contributed by atoms with Crippen LogP contribution in [0.2, 0.25) is 0 Å². The van der Waals surface area contributed by atoms with Gasteiger partial charge in [0.25, 0.3) is 0 Å². The number of nitrogens with zero attached hydrogens (tertiary/aromatic N) is 1. The smallest absolute Gasteiger partial charge is 0.410 e. The summed E-state index contributed by atoms with van der Waals surface area (Å²) in [6.07, 6.45) is 1.76. The predicted octanol–water partition coefficient (Wildman–Crippen LogP) is 1.22. The van der Waals surface area contributed by atoms with Crippen LogP contribution in [0.25, 0.3) is 0 Å². The van der Waals surface area contributed by atoms with Crippen LogP contribution >= 0.6 is 0 Å². The molecule has 0 aliphatic rings. The van der Waals surface area contributed by atoms with Crippen LogP contribution in [0.1, 0.15) is 13.8 Å². The topological polar surface area (TPSA) is 46.6 Å². The quantitative estimate of drug-likeness (QED) is 0.478. The van der Waals surface area contributed by atoms with Crippen LogP contribution in [0.15, 0.2) is 12.7 Å². The average Bonchev–Trinajstić information content (AvgIpc) is 2.13. The highest BCUT2D eigenvalue weighted by Crippen LogP contribution is 2.01. The molecule has 74 valence electrons. The molecule has 0 heterocycles. The van der Waals surface area contributed by atoms with Crippen molar-refractivity contribution in [1.82, 2.24) is 4.90 Å². The van der Waals surface area contributed by atoms with E-state index in [2.05, 4.69) is 6.58 Å². The minimum Gasteiger partial charge on any atom is -0.450 e. The average molecular weight is 185 g/mol. The van der Waals surface area contributed by atoms with Crippen molar-refractivity contribution in [2.45, 2.75) is 19.9 Å². The molecule has 0 spiro atoms. The van der Waals surface area contributed by atoms with E-state index in [1.54, 1.807) is 19.9 Å². The third kappa shape index (κ3) is 3.73. The third-order valence-corrected chi connectivity index (χ3v) is 1.61. The van der Waals surface area contributed by atoms with Crippen molar-refractivity contribution >= 4 is 12.4 Å². The molecule has 0 aliphatic heterocycles. The number of carbonyl (C=O) groups is 2. The van der Waals surface area contributed by atoms with Gasteiger partial charge in [-0.25, -0.2) is 4.79 Å². The number of carbonyl (C=O) groups excluding carboxylic acids is 2. The lowest BCUT2D eigenvalue weighted by molar-refractivity contribution is -0.108. The number of hydrogen-bond donors (Lipinski definition) is 0. The zero-order chi connectivity index (χ0) is 10.3. The highest BCUT2D eigenvalue weighted by Gasteiger charge is 2.17. The fourth-order valence-electron chi connectivity index (χ4n) is 0.821. The van der Waals surface area contributed by atoms with Crippen LogP contribution in [0, 0.1) is 0 Å². The predicted molar refractivity (Wildman–Crippen MR) is 49.5 cm³/mol. The first kappa shape index (κ1) is 11.7. The Kier molecular flexibility index (Phi) is 5.59. The molecule has 4 heteroatoms. The molecule has 0 rings (SSSR count). The summed E-state index contributed by atoms with van der Waals surface area (Å²) in [4.78, 5) is 22.8. The Labute approximate surface area is 78.2 Å². The van der Waals surface area contributed by atoms with E-state index in [9.17, 15) is 9.59 Å². The van der Waals surface area contributed by atoms with E-state index in [0.717, 1.165) is 0 Å². The maximum Gasteiger partial charge on any atom is 0.410 e. The maximum atomic E-state index is 11.2. The van der Waals surface area contributed by atoms with Gasteiger partial charge in [0.2, 0.25) is 0 Å². The highest BCUT2D eigenvalue weighted by atomic mass is 16.6. The fourth-order valence-corrected chi connectivity index (χ4v) is 0.821. The van der Waals surface area contributed by atoms with Gasteiger partial charge in [-0.2, -0.15) is 0 Å². The highest BCUT2D eigenvalue weighted by molar-refractivity contribution is 5.72. The Hall–Kier alpha value is -1.32. The molecular formula is C9H15NO3. The molecule has 0 aliphatic carbocycles. The molecule has 1 amide bonds. The van der Waals surface area contributed by atoms with Crippen LogP contribution in [-0.2, 0) is 9.53 Å². The molecule has 0 bridgehead atoms. The Balaban J connectivity index is 4.29. The van der Waals surface area contributed by atoms with Gasteiger partial charge in [0.15, 0.2) is 0 Å². The van der Waals surface area contributed by atoms with E-state index >= 15 is 0 Å². The molecule has 1 atom stereocenters. The van der Waals surface area contributed by atoms with Crippen molar-refractivity contribution in [3.63, 3.8) is 0 Å². The van der Waals surface area contributed by atoms with E-state index in [0.29, 0.717) is 12.9 Å². The number of amides is 1. The molecule has 0 aromatic heterocycles. The SMILES string of the molecule is C=C[C@@H](C)N(CC=O)C(=O)OCC. The minimum absolute atomic E-state index is 0.0337. The summed E-state index contributed by atoms with van der Waals surface area (Å²) in [5.74, 6) is 0. The van der Waals surface area contributed by atoms with Crippen molar-refractivity contribution in [1.29, 1.82) is 0 Å². The van der Waals surface area contributed by atoms with Crippen LogP contribution in [0.4, 0.5) is 4.79 Å². The van der Waals surface area contributed by atoms with Gasteiger partial charge >= 0.3 is 6.09 Å². The fraction of sp³-hybridized carbons (Fsp3) is 0.556. The summed E-state index contributed by atoms with van der Waals surface area (Å²) in [6, 6.07) is -0.191. The molecule has 0 aromatic rings. The molecule has 0 saturated heterocycles. The molecule has 0 unspecified atom stereocenters. The second-order valence-corrected chi connectivity index (χ2v) is 2.49. The van der Waals surface area contributed by atoms with Crippen LogP contribution in [-0.4, -0.2) is 36.5 Å². The lowest BCUT2D eigenvalue weighted by atomic mass is 10.3. The first-order valence-electron chi connectivity index (χ1n) is 4.16. The number of aldehydes is 1. The number of ether oxygens (including phenoxy) is 1. The Morgan fingerprint density at radius 2 is 2.31 bits per heavy atom. The van der Waals surface area contributed by atoms with Crippen molar-refractivity contribution in [2.24, 2.45) is 0 Å². The van der Waals surface area contributed by atoms with E-state index in [4.69, 9.17) is 4.74 Å². The summed E-state index contributed by atoms with van der Waals surface area (Å²) < 4.78 is 4.76. The van der Waals surface area contributed by atoms with Gasteiger partial charge in [-0.3, -0.25) is 4.90 Å². The monoisotopic (exact) mass is 185 g/mol. The molecular weight excluding hydrogens is 170 g/mol. The normalized spacial score (nSPS) is 11.5. The number of hydrogen-bond acceptors (Lipinski definition) is 3. The van der Waals surface area contributed by atoms with E-state index < -0.39 is 6.09 Å². The second kappa shape index (κ2) is 6.22. The van der Waals surface area contributed by atoms with Crippen molar-refractivity contribution in [2.75, 3.05) is 13.2 Å². The second-order valence-electron chi connectivity index (χ2n) is 2.49. The van der Waals surface area contributed by atoms with E-state index in [1.807, 2.05) is 0 Å². The minimum atomic E-state index is -0.484. The molecule has 13 heavy (non-hydrogen) atoms. The van der Waals surface area contributed by atoms with E-state index in [1.165, 1.54) is 4.90 Å². The molecule has 4 nitrogen and oxygen atoms in total. The summed E-state index contributed by atoms with van der Waals surface area (Å²) in [5, 5.41) is 0. The van der Waals surface area contributed by atoms with Crippen molar-refractivity contribution < 1.29 is 14.3 Å². The van der Waals surface area contributed by atoms with Crippen LogP contribution < -0.4 is 0 Å². The van der Waals surface area contributed by atoms with E-state index in [-0.39, 0.29) is 12.6 Å². The Bertz CT molecular complexity index is 191. The van der Waals surface area contributed by atoms with Crippen molar-refractivity contribution in [3.05, 3.63) is 12.7 Å².